The Labute approximate surface area is 101 Å². The summed E-state index contributed by atoms with van der Waals surface area (Å²) >= 11 is 5.10. The highest BCUT2D eigenvalue weighted by atomic mass is 79.9. The molecule has 0 fully saturated rings. The Kier molecular flexibility index (Phi) is 2.98. The van der Waals surface area contributed by atoms with Gasteiger partial charge in [0.25, 0.3) is 0 Å². The van der Waals surface area contributed by atoms with Gasteiger partial charge in [0, 0.05) is 22.2 Å². The Morgan fingerprint density at radius 2 is 2.07 bits per heavy atom. The number of hydrogen-bond donors (Lipinski definition) is 1. The Morgan fingerprint density at radius 3 is 2.60 bits per heavy atom. The fourth-order valence-corrected chi connectivity index (χ4v) is 2.78. The monoisotopic (exact) mass is 283 g/mol. The zero-order valence-electron chi connectivity index (χ0n) is 8.16. The summed E-state index contributed by atoms with van der Waals surface area (Å²) in [6, 6.07) is 9.80. The first-order chi connectivity index (χ1) is 7.20. The van der Waals surface area contributed by atoms with Gasteiger partial charge in [-0.3, -0.25) is 0 Å². The highest BCUT2D eigenvalue weighted by Crippen LogP contribution is 2.35. The van der Waals surface area contributed by atoms with Crippen molar-refractivity contribution < 1.29 is 4.74 Å². The fourth-order valence-electron chi connectivity index (χ4n) is 1.35. The predicted octanol–water partition coefficient (Wildman–Crippen LogP) is 3.77. The van der Waals surface area contributed by atoms with Gasteiger partial charge in [0.05, 0.1) is 10.9 Å². The molecule has 0 aliphatic heterocycles. The average Bonchev–Trinajstić information content (AvgIpc) is 2.64. The van der Waals surface area contributed by atoms with Crippen LogP contribution in [0.15, 0.2) is 34.1 Å². The first kappa shape index (κ1) is 10.5. The second kappa shape index (κ2) is 4.24. The van der Waals surface area contributed by atoms with Crippen LogP contribution in [0.2, 0.25) is 0 Å². The Hall–Kier alpha value is -1.00. The third-order valence-electron chi connectivity index (χ3n) is 2.10. The lowest BCUT2D eigenvalue weighted by Crippen LogP contribution is -1.90. The summed E-state index contributed by atoms with van der Waals surface area (Å²) in [7, 11) is 1.64. The molecule has 1 aromatic carbocycles. The number of halogens is 1. The van der Waals surface area contributed by atoms with Crippen LogP contribution in [0.25, 0.3) is 10.4 Å². The zero-order chi connectivity index (χ0) is 10.8. The molecule has 2 N–H and O–H groups in total. The van der Waals surface area contributed by atoms with Gasteiger partial charge in [-0.15, -0.1) is 11.3 Å². The van der Waals surface area contributed by atoms with Crippen LogP contribution in [0.4, 0.5) is 5.69 Å². The number of ether oxygens (including phenoxy) is 1. The van der Waals surface area contributed by atoms with Gasteiger partial charge in [0.1, 0.15) is 5.75 Å². The van der Waals surface area contributed by atoms with E-state index in [0.29, 0.717) is 0 Å². The molecule has 15 heavy (non-hydrogen) atoms. The van der Waals surface area contributed by atoms with Crippen molar-refractivity contribution in [1.29, 1.82) is 0 Å². The van der Waals surface area contributed by atoms with Crippen molar-refractivity contribution in [2.24, 2.45) is 0 Å². The summed E-state index contributed by atoms with van der Waals surface area (Å²) in [6.07, 6.45) is 0. The molecular formula is C11H10BrNOS. The van der Waals surface area contributed by atoms with Crippen molar-refractivity contribution in [1.82, 2.24) is 0 Å². The van der Waals surface area contributed by atoms with Crippen LogP contribution in [-0.4, -0.2) is 7.11 Å². The van der Waals surface area contributed by atoms with Crippen molar-refractivity contribution in [3.05, 3.63) is 34.1 Å². The molecule has 0 aliphatic rings. The topological polar surface area (TPSA) is 35.2 Å². The lowest BCUT2D eigenvalue weighted by atomic mass is 10.1. The summed E-state index contributed by atoms with van der Waals surface area (Å²) < 4.78 is 6.21. The summed E-state index contributed by atoms with van der Waals surface area (Å²) in [5, 5.41) is 0. The summed E-state index contributed by atoms with van der Waals surface area (Å²) in [6.45, 7) is 0. The SMILES string of the molecule is COc1ccc(-c2ccc(Br)s2)c(N)c1. The molecule has 0 spiro atoms. The largest absolute Gasteiger partial charge is 0.497 e. The van der Waals surface area contributed by atoms with Crippen LogP contribution in [0.1, 0.15) is 0 Å². The van der Waals surface area contributed by atoms with Crippen molar-refractivity contribution in [3.63, 3.8) is 0 Å². The van der Waals surface area contributed by atoms with E-state index in [0.717, 1.165) is 25.7 Å². The molecule has 2 aromatic rings. The van der Waals surface area contributed by atoms with E-state index in [1.807, 2.05) is 30.3 Å². The first-order valence-corrected chi connectivity index (χ1v) is 6.01. The maximum atomic E-state index is 5.95. The third kappa shape index (κ3) is 2.16. The molecule has 2 rings (SSSR count). The van der Waals surface area contributed by atoms with Crippen LogP contribution in [0.5, 0.6) is 5.75 Å². The molecular weight excluding hydrogens is 274 g/mol. The van der Waals surface area contributed by atoms with Gasteiger partial charge < -0.3 is 10.5 Å². The van der Waals surface area contributed by atoms with Crippen LogP contribution in [0.3, 0.4) is 0 Å². The summed E-state index contributed by atoms with van der Waals surface area (Å²) in [5.74, 6) is 0.784. The molecule has 0 bridgehead atoms. The smallest absolute Gasteiger partial charge is 0.120 e. The quantitative estimate of drug-likeness (QED) is 0.852. The van der Waals surface area contributed by atoms with Crippen LogP contribution in [-0.2, 0) is 0 Å². The number of anilines is 1. The van der Waals surface area contributed by atoms with E-state index in [2.05, 4.69) is 15.9 Å². The minimum atomic E-state index is 0.740. The number of benzene rings is 1. The van der Waals surface area contributed by atoms with E-state index in [4.69, 9.17) is 10.5 Å². The molecule has 0 amide bonds. The standard InChI is InChI=1S/C11H10BrNOS/c1-14-7-2-3-8(9(13)6-7)10-4-5-11(12)15-10/h2-6H,13H2,1H3. The molecule has 0 aliphatic carbocycles. The molecule has 2 nitrogen and oxygen atoms in total. The predicted molar refractivity (Wildman–Crippen MR) is 68.4 cm³/mol. The number of thiophene rings is 1. The molecule has 78 valence electrons. The van der Waals surface area contributed by atoms with E-state index in [-0.39, 0.29) is 0 Å². The van der Waals surface area contributed by atoms with Crippen LogP contribution in [0, 0.1) is 0 Å². The maximum absolute atomic E-state index is 5.95. The normalized spacial score (nSPS) is 10.3. The number of methoxy groups -OCH3 is 1. The molecule has 4 heteroatoms. The molecule has 0 unspecified atom stereocenters. The van der Waals surface area contributed by atoms with Crippen molar-refractivity contribution in [3.8, 4) is 16.2 Å². The van der Waals surface area contributed by atoms with Crippen molar-refractivity contribution >= 4 is 33.0 Å². The van der Waals surface area contributed by atoms with E-state index in [9.17, 15) is 0 Å². The number of rotatable bonds is 2. The van der Waals surface area contributed by atoms with Crippen LogP contribution < -0.4 is 10.5 Å². The second-order valence-corrected chi connectivity index (χ2v) is 5.52. The molecule has 1 aromatic heterocycles. The Bertz CT molecular complexity index is 481. The minimum absolute atomic E-state index is 0.740. The number of nitrogens with two attached hydrogens (primary N) is 1. The van der Waals surface area contributed by atoms with Gasteiger partial charge in [0.2, 0.25) is 0 Å². The molecule has 0 atom stereocenters. The minimum Gasteiger partial charge on any atom is -0.497 e. The van der Waals surface area contributed by atoms with Crippen LogP contribution >= 0.6 is 27.3 Å². The lowest BCUT2D eigenvalue weighted by molar-refractivity contribution is 0.415. The summed E-state index contributed by atoms with van der Waals surface area (Å²) in [5.41, 5.74) is 7.74. The highest BCUT2D eigenvalue weighted by Gasteiger charge is 2.06. The number of nitrogen functional groups attached to an aromatic ring is 1. The average molecular weight is 284 g/mol. The van der Waals surface area contributed by atoms with Gasteiger partial charge in [-0.2, -0.15) is 0 Å². The number of hydrogen-bond acceptors (Lipinski definition) is 3. The van der Waals surface area contributed by atoms with Gasteiger partial charge >= 0.3 is 0 Å². The summed E-state index contributed by atoms with van der Waals surface area (Å²) in [4.78, 5) is 1.15. The second-order valence-electron chi connectivity index (χ2n) is 3.06. The fraction of sp³-hybridized carbons (Fsp3) is 0.0909. The molecule has 1 heterocycles. The van der Waals surface area contributed by atoms with E-state index >= 15 is 0 Å². The third-order valence-corrected chi connectivity index (χ3v) is 3.75. The van der Waals surface area contributed by atoms with Gasteiger partial charge in [-0.05, 0) is 40.2 Å². The molecule has 0 saturated heterocycles. The van der Waals surface area contributed by atoms with Gasteiger partial charge in [0.15, 0.2) is 0 Å². The maximum Gasteiger partial charge on any atom is 0.120 e. The van der Waals surface area contributed by atoms with E-state index in [1.54, 1.807) is 18.4 Å². The van der Waals surface area contributed by atoms with Gasteiger partial charge in [-0.1, -0.05) is 0 Å². The van der Waals surface area contributed by atoms with Crippen molar-refractivity contribution in [2.45, 2.75) is 0 Å². The Morgan fingerprint density at radius 1 is 1.27 bits per heavy atom. The molecule has 0 radical (unpaired) electrons. The van der Waals surface area contributed by atoms with E-state index in [1.165, 1.54) is 0 Å². The highest BCUT2D eigenvalue weighted by molar-refractivity contribution is 9.11. The molecule has 0 saturated carbocycles. The van der Waals surface area contributed by atoms with Gasteiger partial charge in [-0.25, -0.2) is 0 Å². The lowest BCUT2D eigenvalue weighted by Gasteiger charge is -2.05. The Balaban J connectivity index is 2.45. The zero-order valence-corrected chi connectivity index (χ0v) is 10.6. The van der Waals surface area contributed by atoms with E-state index < -0.39 is 0 Å². The first-order valence-electron chi connectivity index (χ1n) is 4.40. The van der Waals surface area contributed by atoms with Crippen molar-refractivity contribution in [2.75, 3.05) is 12.8 Å².